The Morgan fingerprint density at radius 2 is 1.02 bits per heavy atom. The third-order valence-electron chi connectivity index (χ3n) is 7.02. The SMILES string of the molecule is O=S(=O)(O)OCCS(=O)(=O)c1ccc(N=Nc2c(O)c(N=Nc3ccc(S(=O)(=O)CCOSOOO)cc3)c(O)c(N=Nc3cc(SOOO)ccc3S(=O)(=O)O)c2O)cc1. The number of sulfone groups is 2. The van der Waals surface area contributed by atoms with E-state index in [-0.39, 0.29) is 45.0 Å². The summed E-state index contributed by atoms with van der Waals surface area (Å²) in [5.74, 6) is -4.81. The molecule has 4 aromatic rings. The molecule has 0 heterocycles. The molecule has 330 valence electrons. The minimum Gasteiger partial charge on any atom is -0.504 e. The van der Waals surface area contributed by atoms with Crippen LogP contribution < -0.4 is 0 Å². The number of rotatable bonds is 22. The molecule has 0 bridgehead atoms. The summed E-state index contributed by atoms with van der Waals surface area (Å²) in [6, 6.07) is 11.7. The first-order valence-corrected chi connectivity index (χ1v) is 23.0. The number of phenols is 3. The molecule has 0 spiro atoms. The highest BCUT2D eigenvalue weighted by Crippen LogP contribution is 2.57. The molecule has 0 atom stereocenters. The normalized spacial score (nSPS) is 12.9. The molecule has 4 rings (SSSR count). The Kier molecular flexibility index (Phi) is 17.1. The van der Waals surface area contributed by atoms with E-state index in [4.69, 9.17) is 19.3 Å². The van der Waals surface area contributed by atoms with Gasteiger partial charge in [0.15, 0.2) is 66.3 Å². The average Bonchev–Trinajstić information content (AvgIpc) is 3.19. The number of hydrogen-bond donors (Lipinski definition) is 7. The molecule has 0 saturated carbocycles. The van der Waals surface area contributed by atoms with E-state index in [2.05, 4.69) is 53.6 Å². The van der Waals surface area contributed by atoms with Gasteiger partial charge in [0.05, 0.1) is 57.9 Å². The highest BCUT2D eigenvalue weighted by Gasteiger charge is 2.26. The summed E-state index contributed by atoms with van der Waals surface area (Å²) in [6.07, 6.45) is 0. The summed E-state index contributed by atoms with van der Waals surface area (Å²) in [5.41, 5.74) is -3.55. The molecule has 0 fully saturated rings. The second kappa shape index (κ2) is 21.3. The van der Waals surface area contributed by atoms with E-state index in [1.165, 1.54) is 12.1 Å². The summed E-state index contributed by atoms with van der Waals surface area (Å²) in [6.45, 7) is -1.28. The number of aromatic hydroxyl groups is 3. The van der Waals surface area contributed by atoms with Gasteiger partial charge in [-0.1, -0.05) is 10.1 Å². The molecule has 0 radical (unpaired) electrons. The lowest BCUT2D eigenvalue weighted by Crippen LogP contribution is -2.15. The van der Waals surface area contributed by atoms with Gasteiger partial charge in [-0.15, -0.1) is 29.1 Å². The van der Waals surface area contributed by atoms with Crippen LogP contribution in [-0.2, 0) is 67.3 Å². The van der Waals surface area contributed by atoms with Crippen molar-refractivity contribution in [3.05, 3.63) is 66.7 Å². The fourth-order valence-electron chi connectivity index (χ4n) is 4.31. The monoisotopic (exact) mass is 974 g/mol. The second-order valence-corrected chi connectivity index (χ2v) is 18.9. The van der Waals surface area contributed by atoms with E-state index in [1.807, 2.05) is 0 Å². The van der Waals surface area contributed by atoms with E-state index < -0.39 is 103 Å². The Hall–Kier alpha value is -4.82. The number of benzene rings is 4. The third-order valence-corrected chi connectivity index (χ3v) is 12.7. The van der Waals surface area contributed by atoms with Crippen molar-refractivity contribution < 1.29 is 95.7 Å². The van der Waals surface area contributed by atoms with Gasteiger partial charge in [0.1, 0.15) is 10.6 Å². The Morgan fingerprint density at radius 1 is 0.557 bits per heavy atom. The standard InChI is InChI=1S/C28H26N6O21S6/c35-26-23(32-29-16-1-6-19(7-2-16)58(40,41)13-11-50-57-55-53-39)27(36)25(34-31-21-15-18(56-54-52-38)5-10-22(21)60(44,45)46)28(37)24(26)33-30-17-3-8-20(9-4-17)59(42,43)14-12-51-61(47,48)49/h1-10,15,35-39H,11-14H2,(H,44,45,46)(H,47,48,49). The molecule has 0 aliphatic carbocycles. The van der Waals surface area contributed by atoms with Gasteiger partial charge in [0.2, 0.25) is 0 Å². The summed E-state index contributed by atoms with van der Waals surface area (Å²) in [5, 5.41) is 79.3. The lowest BCUT2D eigenvalue weighted by Gasteiger charge is -2.10. The van der Waals surface area contributed by atoms with Gasteiger partial charge >= 0.3 is 10.4 Å². The predicted molar refractivity (Wildman–Crippen MR) is 204 cm³/mol. The van der Waals surface area contributed by atoms with E-state index >= 15 is 0 Å². The molecular formula is C28H26N6O21S6. The summed E-state index contributed by atoms with van der Waals surface area (Å²) < 4.78 is 131. The van der Waals surface area contributed by atoms with Gasteiger partial charge in [-0.25, -0.2) is 31.5 Å². The Morgan fingerprint density at radius 3 is 1.46 bits per heavy atom. The van der Waals surface area contributed by atoms with Crippen LogP contribution in [0, 0.1) is 0 Å². The van der Waals surface area contributed by atoms with Crippen LogP contribution in [0.4, 0.5) is 34.1 Å². The average molecular weight is 975 g/mol. The Bertz CT molecular complexity index is 2740. The summed E-state index contributed by atoms with van der Waals surface area (Å²) in [4.78, 5) is -1.37. The van der Waals surface area contributed by atoms with Crippen molar-refractivity contribution in [2.24, 2.45) is 30.7 Å². The Labute approximate surface area is 351 Å². The number of hydrogen-bond acceptors (Lipinski definition) is 27. The van der Waals surface area contributed by atoms with Crippen molar-refractivity contribution >= 4 is 98.7 Å². The van der Waals surface area contributed by atoms with E-state index in [1.54, 1.807) is 0 Å². The van der Waals surface area contributed by atoms with Crippen LogP contribution in [-0.4, -0.2) is 93.3 Å². The smallest absolute Gasteiger partial charge is 0.397 e. The second-order valence-electron chi connectivity index (χ2n) is 10.9. The van der Waals surface area contributed by atoms with Crippen molar-refractivity contribution in [2.45, 2.75) is 19.6 Å². The molecular weight excluding hydrogens is 949 g/mol. The molecule has 27 nitrogen and oxygen atoms in total. The maximum atomic E-state index is 12.6. The minimum absolute atomic E-state index is 0.0117. The quantitative estimate of drug-likeness (QED) is 0.0117. The van der Waals surface area contributed by atoms with Crippen molar-refractivity contribution in [3.8, 4) is 17.2 Å². The lowest BCUT2D eigenvalue weighted by molar-refractivity contribution is -0.434. The van der Waals surface area contributed by atoms with Gasteiger partial charge in [-0.3, -0.25) is 13.3 Å². The predicted octanol–water partition coefficient (Wildman–Crippen LogP) is 6.09. The highest BCUT2D eigenvalue weighted by molar-refractivity contribution is 7.94. The first-order valence-electron chi connectivity index (χ1n) is 15.5. The number of phenolic OH excluding ortho intramolecular Hbond substituents is 3. The van der Waals surface area contributed by atoms with Gasteiger partial charge < -0.3 is 15.3 Å². The molecule has 0 aliphatic heterocycles. The van der Waals surface area contributed by atoms with Crippen molar-refractivity contribution in [2.75, 3.05) is 24.7 Å². The molecule has 61 heavy (non-hydrogen) atoms. The molecule has 0 amide bonds. The highest BCUT2D eigenvalue weighted by atomic mass is 32.3. The molecule has 0 saturated heterocycles. The zero-order valence-corrected chi connectivity index (χ0v) is 34.6. The van der Waals surface area contributed by atoms with Crippen LogP contribution in [0.5, 0.6) is 17.2 Å². The largest absolute Gasteiger partial charge is 0.504 e. The van der Waals surface area contributed by atoms with E-state index in [0.29, 0.717) is 12.0 Å². The van der Waals surface area contributed by atoms with Gasteiger partial charge in [-0.05, 0) is 66.7 Å². The zero-order valence-electron chi connectivity index (χ0n) is 29.7. The molecule has 4 aromatic carbocycles. The van der Waals surface area contributed by atoms with E-state index in [0.717, 1.165) is 54.6 Å². The zero-order chi connectivity index (χ0) is 45.0. The van der Waals surface area contributed by atoms with E-state index in [9.17, 15) is 53.5 Å². The minimum atomic E-state index is -5.00. The van der Waals surface area contributed by atoms with Crippen LogP contribution in [0.1, 0.15) is 0 Å². The molecule has 33 heteroatoms. The molecule has 0 aliphatic rings. The maximum absolute atomic E-state index is 12.6. The van der Waals surface area contributed by atoms with Crippen molar-refractivity contribution in [3.63, 3.8) is 0 Å². The summed E-state index contributed by atoms with van der Waals surface area (Å²) >= 11 is 0.521. The summed E-state index contributed by atoms with van der Waals surface area (Å²) in [7, 11) is -18.0. The van der Waals surface area contributed by atoms with Gasteiger partial charge in [0.25, 0.3) is 10.1 Å². The van der Waals surface area contributed by atoms with Gasteiger partial charge in [0, 0.05) is 4.90 Å². The van der Waals surface area contributed by atoms with Crippen LogP contribution in [0.2, 0.25) is 0 Å². The lowest BCUT2D eigenvalue weighted by atomic mass is 10.2. The molecule has 0 unspecified atom stereocenters. The fourth-order valence-corrected chi connectivity index (χ4v) is 8.21. The first kappa shape index (κ1) is 48.8. The number of azo groups is 3. The van der Waals surface area contributed by atoms with Crippen LogP contribution >= 0.6 is 24.4 Å². The van der Waals surface area contributed by atoms with Crippen LogP contribution in [0.15, 0.2) is 117 Å². The molecule has 0 aromatic heterocycles. The fraction of sp³-hybridized carbons (Fsp3) is 0.143. The number of nitrogens with zero attached hydrogens (tertiary/aromatic N) is 6. The maximum Gasteiger partial charge on any atom is 0.397 e. The van der Waals surface area contributed by atoms with Crippen LogP contribution in [0.25, 0.3) is 0 Å². The molecule has 7 N–H and O–H groups in total. The van der Waals surface area contributed by atoms with Crippen molar-refractivity contribution in [1.29, 1.82) is 0 Å². The first-order chi connectivity index (χ1) is 28.7. The van der Waals surface area contributed by atoms with Gasteiger partial charge in [-0.2, -0.15) is 27.1 Å². The Balaban J connectivity index is 1.76. The van der Waals surface area contributed by atoms with Crippen LogP contribution in [0.3, 0.4) is 0 Å². The van der Waals surface area contributed by atoms with Crippen molar-refractivity contribution in [1.82, 2.24) is 0 Å². The topological polar surface area (TPSA) is 408 Å². The third kappa shape index (κ3) is 14.1.